The molecule has 3 heterocycles. The molecule has 0 aromatic carbocycles. The summed E-state index contributed by atoms with van der Waals surface area (Å²) < 4.78 is 6.49. The Labute approximate surface area is 185 Å². The first-order chi connectivity index (χ1) is 14.0. The van der Waals surface area contributed by atoms with E-state index in [1.807, 2.05) is 27.7 Å². The van der Waals surface area contributed by atoms with Crippen LogP contribution in [0.2, 0.25) is 0 Å². The predicted molar refractivity (Wildman–Crippen MR) is 116 cm³/mol. The van der Waals surface area contributed by atoms with Crippen molar-refractivity contribution in [1.29, 1.82) is 0 Å². The van der Waals surface area contributed by atoms with Crippen LogP contribution in [0.25, 0.3) is 0 Å². The second-order valence-corrected chi connectivity index (χ2v) is 10.4. The largest absolute Gasteiger partial charge is 0.465 e. The summed E-state index contributed by atoms with van der Waals surface area (Å²) in [5, 5.41) is 9.41. The highest BCUT2D eigenvalue weighted by Gasteiger charge is 2.41. The van der Waals surface area contributed by atoms with Crippen LogP contribution in [0, 0.1) is 0 Å². The molecule has 0 unspecified atom stereocenters. The molecule has 1 aromatic heterocycles. The maximum atomic E-state index is 12.8. The Morgan fingerprint density at radius 2 is 2.03 bits per heavy atom. The number of amides is 2. The fraction of sp³-hybridized carbons (Fsp3) is 0.667. The van der Waals surface area contributed by atoms with Crippen molar-refractivity contribution in [3.63, 3.8) is 0 Å². The number of pyridine rings is 1. The van der Waals surface area contributed by atoms with E-state index in [4.69, 9.17) is 9.72 Å². The standard InChI is InChI=1S/C21H29BrN4O4/c1-12-9-24(19(27)28)10-15-7-13-8-16(22)17(23-18(13)26(12)15)11-25(14-5-6-14)20(29)30-21(2,3)4/h8,12,14-15H,5-7,9-11H2,1-4H3,(H,27,28)/t12-,15-/m1/s1. The summed E-state index contributed by atoms with van der Waals surface area (Å²) in [7, 11) is 0. The lowest BCUT2D eigenvalue weighted by Crippen LogP contribution is -2.58. The van der Waals surface area contributed by atoms with Gasteiger partial charge in [-0.25, -0.2) is 14.6 Å². The summed E-state index contributed by atoms with van der Waals surface area (Å²) >= 11 is 3.64. The molecule has 164 valence electrons. The Balaban J connectivity index is 1.57. The molecule has 9 heteroatoms. The first kappa shape index (κ1) is 21.2. The smallest absolute Gasteiger partial charge is 0.410 e. The Hall–Kier alpha value is -2.03. The number of nitrogens with zero attached hydrogens (tertiary/aromatic N) is 4. The quantitative estimate of drug-likeness (QED) is 0.706. The molecule has 2 amide bonds. The van der Waals surface area contributed by atoms with Crippen LogP contribution in [-0.4, -0.2) is 68.9 Å². The molecule has 0 bridgehead atoms. The van der Waals surface area contributed by atoms with Crippen molar-refractivity contribution in [1.82, 2.24) is 14.8 Å². The van der Waals surface area contributed by atoms with Gasteiger partial charge in [-0.2, -0.15) is 0 Å². The van der Waals surface area contributed by atoms with Crippen molar-refractivity contribution in [3.05, 3.63) is 21.8 Å². The average Bonchev–Trinajstić information content (AvgIpc) is 3.39. The highest BCUT2D eigenvalue weighted by atomic mass is 79.9. The van der Waals surface area contributed by atoms with Crippen molar-refractivity contribution in [2.24, 2.45) is 0 Å². The van der Waals surface area contributed by atoms with Crippen LogP contribution in [0.1, 0.15) is 51.8 Å². The van der Waals surface area contributed by atoms with Crippen LogP contribution >= 0.6 is 15.9 Å². The zero-order valence-electron chi connectivity index (χ0n) is 17.9. The zero-order valence-corrected chi connectivity index (χ0v) is 19.5. The number of carbonyl (C=O) groups is 2. The summed E-state index contributed by atoms with van der Waals surface area (Å²) in [4.78, 5) is 34.7. The van der Waals surface area contributed by atoms with Gasteiger partial charge in [0.15, 0.2) is 0 Å². The lowest BCUT2D eigenvalue weighted by molar-refractivity contribution is 0.0214. The molecule has 2 fully saturated rings. The van der Waals surface area contributed by atoms with Gasteiger partial charge >= 0.3 is 12.2 Å². The minimum absolute atomic E-state index is 0.0491. The lowest BCUT2D eigenvalue weighted by atomic mass is 10.1. The van der Waals surface area contributed by atoms with Gasteiger partial charge in [0.05, 0.1) is 18.3 Å². The maximum absolute atomic E-state index is 12.8. The molecule has 0 radical (unpaired) electrons. The first-order valence-corrected chi connectivity index (χ1v) is 11.3. The van der Waals surface area contributed by atoms with E-state index in [0.717, 1.165) is 40.8 Å². The van der Waals surface area contributed by atoms with Crippen LogP contribution in [-0.2, 0) is 17.7 Å². The van der Waals surface area contributed by atoms with Crippen LogP contribution in [0.3, 0.4) is 0 Å². The molecule has 1 N–H and O–H groups in total. The summed E-state index contributed by atoms with van der Waals surface area (Å²) in [5.74, 6) is 0.913. The number of fused-ring (bicyclic) bond motifs is 3. The van der Waals surface area contributed by atoms with E-state index in [9.17, 15) is 14.7 Å². The lowest BCUT2D eigenvalue weighted by Gasteiger charge is -2.42. The van der Waals surface area contributed by atoms with E-state index < -0.39 is 11.7 Å². The third-order valence-corrected chi connectivity index (χ3v) is 6.48. The SMILES string of the molecule is C[C@@H]1CN(C(=O)O)C[C@H]2Cc3cc(Br)c(CN(C(=O)OC(C)(C)C)C4CC4)nc3N21. The number of piperazine rings is 1. The van der Waals surface area contributed by atoms with E-state index in [0.29, 0.717) is 19.6 Å². The monoisotopic (exact) mass is 480 g/mol. The number of ether oxygens (including phenoxy) is 1. The van der Waals surface area contributed by atoms with Crippen molar-refractivity contribution in [3.8, 4) is 0 Å². The van der Waals surface area contributed by atoms with Gasteiger partial charge < -0.3 is 19.6 Å². The number of anilines is 1. The van der Waals surface area contributed by atoms with Crippen molar-refractivity contribution in [2.45, 2.75) is 77.2 Å². The number of carbonyl (C=O) groups excluding carboxylic acids is 1. The maximum Gasteiger partial charge on any atom is 0.410 e. The second kappa shape index (κ2) is 7.59. The fourth-order valence-corrected chi connectivity index (χ4v) is 4.88. The van der Waals surface area contributed by atoms with Crippen LogP contribution < -0.4 is 4.90 Å². The van der Waals surface area contributed by atoms with Gasteiger partial charge in [0.2, 0.25) is 0 Å². The Kier molecular flexibility index (Phi) is 5.36. The number of halogens is 1. The number of hydrogen-bond acceptors (Lipinski definition) is 5. The predicted octanol–water partition coefficient (Wildman–Crippen LogP) is 3.86. The van der Waals surface area contributed by atoms with Gasteiger partial charge in [-0.1, -0.05) is 0 Å². The van der Waals surface area contributed by atoms with E-state index in [-0.39, 0.29) is 24.2 Å². The molecule has 30 heavy (non-hydrogen) atoms. The van der Waals surface area contributed by atoms with Gasteiger partial charge in [-0.3, -0.25) is 4.90 Å². The number of aromatic nitrogens is 1. The molecule has 1 saturated heterocycles. The van der Waals surface area contributed by atoms with E-state index in [1.54, 1.807) is 4.90 Å². The van der Waals surface area contributed by atoms with E-state index in [2.05, 4.69) is 26.9 Å². The minimum Gasteiger partial charge on any atom is -0.465 e. The van der Waals surface area contributed by atoms with Crippen molar-refractivity contribution < 1.29 is 19.4 Å². The molecule has 0 spiro atoms. The molecule has 8 nitrogen and oxygen atoms in total. The molecule has 1 saturated carbocycles. The van der Waals surface area contributed by atoms with Crippen LogP contribution in [0.5, 0.6) is 0 Å². The Morgan fingerprint density at radius 1 is 1.33 bits per heavy atom. The van der Waals surface area contributed by atoms with Crippen LogP contribution in [0.4, 0.5) is 15.4 Å². The summed E-state index contributed by atoms with van der Waals surface area (Å²) in [6.45, 7) is 8.99. The highest BCUT2D eigenvalue weighted by Crippen LogP contribution is 2.38. The van der Waals surface area contributed by atoms with E-state index in [1.165, 1.54) is 4.90 Å². The van der Waals surface area contributed by atoms with Gasteiger partial charge in [0.1, 0.15) is 11.4 Å². The van der Waals surface area contributed by atoms with Crippen molar-refractivity contribution >= 4 is 33.9 Å². The summed E-state index contributed by atoms with van der Waals surface area (Å²) in [5.41, 5.74) is 1.38. The Morgan fingerprint density at radius 3 is 2.63 bits per heavy atom. The topological polar surface area (TPSA) is 86.2 Å². The average molecular weight is 481 g/mol. The number of hydrogen-bond donors (Lipinski definition) is 1. The molecule has 2 aliphatic heterocycles. The molecule has 1 aromatic rings. The highest BCUT2D eigenvalue weighted by molar-refractivity contribution is 9.10. The van der Waals surface area contributed by atoms with Crippen molar-refractivity contribution in [2.75, 3.05) is 18.0 Å². The summed E-state index contributed by atoms with van der Waals surface area (Å²) in [6, 6.07) is 2.43. The van der Waals surface area contributed by atoms with Gasteiger partial charge in [-0.15, -0.1) is 0 Å². The van der Waals surface area contributed by atoms with Crippen LogP contribution in [0.15, 0.2) is 10.5 Å². The Bertz CT molecular complexity index is 867. The molecule has 4 rings (SSSR count). The minimum atomic E-state index is -0.871. The number of rotatable bonds is 3. The summed E-state index contributed by atoms with van der Waals surface area (Å²) in [6.07, 6.45) is 1.56. The zero-order chi connectivity index (χ0) is 21.8. The second-order valence-electron chi connectivity index (χ2n) is 9.54. The first-order valence-electron chi connectivity index (χ1n) is 10.5. The molecule has 3 aliphatic rings. The van der Waals surface area contributed by atoms with E-state index >= 15 is 0 Å². The third-order valence-electron chi connectivity index (χ3n) is 5.80. The molecule has 2 atom stereocenters. The molecular formula is C21H29BrN4O4. The van der Waals surface area contributed by atoms with Gasteiger partial charge in [0, 0.05) is 29.6 Å². The van der Waals surface area contributed by atoms with Gasteiger partial charge in [-0.05, 0) is 74.5 Å². The third kappa shape index (κ3) is 4.22. The fourth-order valence-electron chi connectivity index (χ4n) is 4.39. The molecular weight excluding hydrogens is 452 g/mol. The molecule has 1 aliphatic carbocycles. The van der Waals surface area contributed by atoms with Gasteiger partial charge in [0.25, 0.3) is 0 Å². The number of carboxylic acid groups (broad SMARTS) is 1. The normalized spacial score (nSPS) is 23.1.